The number of alkyl halides is 3. The van der Waals surface area contributed by atoms with Crippen molar-refractivity contribution in [2.24, 2.45) is 5.10 Å². The quantitative estimate of drug-likeness (QED) is 0.728. The van der Waals surface area contributed by atoms with E-state index in [9.17, 15) is 18.0 Å². The van der Waals surface area contributed by atoms with Gasteiger partial charge in [-0.3, -0.25) is 4.79 Å². The van der Waals surface area contributed by atoms with E-state index >= 15 is 0 Å². The van der Waals surface area contributed by atoms with Gasteiger partial charge in [-0.15, -0.1) is 0 Å². The molecule has 4 rings (SSSR count). The molecule has 0 fully saturated rings. The van der Waals surface area contributed by atoms with Gasteiger partial charge >= 0.3 is 6.18 Å². The first kappa shape index (κ1) is 18.9. The van der Waals surface area contributed by atoms with E-state index in [0.29, 0.717) is 11.4 Å². The first-order valence-electron chi connectivity index (χ1n) is 8.97. The predicted molar refractivity (Wildman–Crippen MR) is 102 cm³/mol. The molecule has 0 bridgehead atoms. The lowest BCUT2D eigenvalue weighted by Gasteiger charge is -2.27. The number of hydrogen-bond acceptors (Lipinski definition) is 5. The fraction of sp³-hybridized carbons (Fsp3) is 0.200. The highest BCUT2D eigenvalue weighted by atomic mass is 19.4. The lowest BCUT2D eigenvalue weighted by molar-refractivity contribution is -0.137. The molecule has 150 valence electrons. The Hall–Kier alpha value is -3.49. The third-order valence-corrected chi connectivity index (χ3v) is 4.75. The van der Waals surface area contributed by atoms with Crippen LogP contribution in [0.1, 0.15) is 18.1 Å². The fourth-order valence-electron chi connectivity index (χ4n) is 3.27. The fourth-order valence-corrected chi connectivity index (χ4v) is 3.27. The largest absolute Gasteiger partial charge is 0.417 e. The standard InChI is InChI=1S/C20H18F3N5O/c1-12-13(6-4-10-24-12)19(29)26-18-11-25-17-9-8-16(27-28(17)18)14-5-2-3-7-15(14)20(21,22)23/h2-12,17,24-25H,1H3,(H,26,29). The zero-order chi connectivity index (χ0) is 20.6. The number of fused-ring (bicyclic) bond motifs is 1. The summed E-state index contributed by atoms with van der Waals surface area (Å²) in [5, 5.41) is 14.7. The van der Waals surface area contributed by atoms with Gasteiger partial charge in [0.25, 0.3) is 5.91 Å². The molecule has 6 nitrogen and oxygen atoms in total. The van der Waals surface area contributed by atoms with Crippen LogP contribution in [0, 0.1) is 0 Å². The van der Waals surface area contributed by atoms with E-state index in [0.717, 1.165) is 6.07 Å². The van der Waals surface area contributed by atoms with Crippen LogP contribution >= 0.6 is 0 Å². The third-order valence-electron chi connectivity index (χ3n) is 4.75. The molecular weight excluding hydrogens is 383 g/mol. The maximum absolute atomic E-state index is 13.4. The molecule has 9 heteroatoms. The first-order chi connectivity index (χ1) is 13.8. The molecule has 3 aliphatic rings. The molecule has 0 aromatic heterocycles. The molecule has 0 saturated heterocycles. The first-order valence-corrected chi connectivity index (χ1v) is 8.97. The van der Waals surface area contributed by atoms with Gasteiger partial charge < -0.3 is 16.0 Å². The molecule has 1 aromatic rings. The molecule has 29 heavy (non-hydrogen) atoms. The van der Waals surface area contributed by atoms with Crippen molar-refractivity contribution in [2.75, 3.05) is 0 Å². The second-order valence-electron chi connectivity index (χ2n) is 6.70. The van der Waals surface area contributed by atoms with Crippen molar-refractivity contribution in [2.45, 2.75) is 25.3 Å². The van der Waals surface area contributed by atoms with Crippen LogP contribution in [0.2, 0.25) is 0 Å². The van der Waals surface area contributed by atoms with Gasteiger partial charge in [-0.25, -0.2) is 5.01 Å². The Morgan fingerprint density at radius 2 is 2.03 bits per heavy atom. The SMILES string of the molecule is CC1NC=CC=C1C(=O)NC1=CNC2C=CC(c3ccccc3C(F)(F)F)=NN12. The molecule has 0 spiro atoms. The monoisotopic (exact) mass is 401 g/mol. The van der Waals surface area contributed by atoms with Gasteiger partial charge in [0.15, 0.2) is 0 Å². The van der Waals surface area contributed by atoms with Gasteiger partial charge in [0.05, 0.1) is 17.3 Å². The Balaban J connectivity index is 1.59. The number of nitrogens with one attached hydrogen (secondary N) is 3. The van der Waals surface area contributed by atoms with E-state index in [1.54, 1.807) is 30.6 Å². The van der Waals surface area contributed by atoms with Gasteiger partial charge in [0.2, 0.25) is 0 Å². The summed E-state index contributed by atoms with van der Waals surface area (Å²) in [4.78, 5) is 12.6. The number of dihydropyridines is 1. The van der Waals surface area contributed by atoms with Crippen LogP contribution < -0.4 is 16.0 Å². The molecule has 3 heterocycles. The van der Waals surface area contributed by atoms with E-state index < -0.39 is 11.7 Å². The zero-order valence-corrected chi connectivity index (χ0v) is 15.4. The van der Waals surface area contributed by atoms with Gasteiger partial charge in [-0.05, 0) is 37.4 Å². The van der Waals surface area contributed by atoms with Crippen molar-refractivity contribution >= 4 is 11.6 Å². The Bertz CT molecular complexity index is 990. The summed E-state index contributed by atoms with van der Waals surface area (Å²) in [5.41, 5.74) is -0.0864. The van der Waals surface area contributed by atoms with Gasteiger partial charge in [-0.2, -0.15) is 18.3 Å². The minimum Gasteiger partial charge on any atom is -0.384 e. The van der Waals surface area contributed by atoms with Crippen LogP contribution in [0.15, 0.2) is 77.5 Å². The Kier molecular flexibility index (Phi) is 4.65. The third kappa shape index (κ3) is 3.63. The second kappa shape index (κ2) is 7.16. The Morgan fingerprint density at radius 1 is 1.24 bits per heavy atom. The lowest BCUT2D eigenvalue weighted by Crippen LogP contribution is -2.41. The van der Waals surface area contributed by atoms with E-state index in [1.165, 1.54) is 29.3 Å². The van der Waals surface area contributed by atoms with Crippen LogP contribution in [0.5, 0.6) is 0 Å². The normalized spacial score (nSPS) is 22.8. The van der Waals surface area contributed by atoms with Gasteiger partial charge in [0.1, 0.15) is 12.0 Å². The van der Waals surface area contributed by atoms with Gasteiger partial charge in [-0.1, -0.05) is 24.3 Å². The molecule has 0 saturated carbocycles. The summed E-state index contributed by atoms with van der Waals surface area (Å²) in [6.07, 6.45) is 5.11. The van der Waals surface area contributed by atoms with Crippen molar-refractivity contribution in [1.82, 2.24) is 21.0 Å². The number of halogens is 3. The maximum Gasteiger partial charge on any atom is 0.417 e. The van der Waals surface area contributed by atoms with E-state index in [-0.39, 0.29) is 29.4 Å². The predicted octanol–water partition coefficient (Wildman–Crippen LogP) is 2.56. The van der Waals surface area contributed by atoms with Gasteiger partial charge in [0, 0.05) is 17.3 Å². The zero-order valence-electron chi connectivity index (χ0n) is 15.4. The summed E-state index contributed by atoms with van der Waals surface area (Å²) >= 11 is 0. The summed E-state index contributed by atoms with van der Waals surface area (Å²) in [7, 11) is 0. The number of hydrazone groups is 1. The molecule has 2 atom stereocenters. The van der Waals surface area contributed by atoms with E-state index in [4.69, 9.17) is 0 Å². The number of hydrogen-bond donors (Lipinski definition) is 3. The smallest absolute Gasteiger partial charge is 0.384 e. The van der Waals surface area contributed by atoms with Crippen LogP contribution in [0.25, 0.3) is 0 Å². The van der Waals surface area contributed by atoms with Crippen LogP contribution in [0.4, 0.5) is 13.2 Å². The highest BCUT2D eigenvalue weighted by Crippen LogP contribution is 2.33. The van der Waals surface area contributed by atoms with Crippen molar-refractivity contribution < 1.29 is 18.0 Å². The van der Waals surface area contributed by atoms with Crippen LogP contribution in [0.3, 0.4) is 0 Å². The highest BCUT2D eigenvalue weighted by molar-refractivity contribution is 6.10. The van der Waals surface area contributed by atoms with Crippen molar-refractivity contribution in [3.8, 4) is 0 Å². The van der Waals surface area contributed by atoms with Crippen LogP contribution in [-0.4, -0.2) is 28.8 Å². The number of allylic oxidation sites excluding steroid dienone is 3. The molecule has 0 radical (unpaired) electrons. The highest BCUT2D eigenvalue weighted by Gasteiger charge is 2.35. The summed E-state index contributed by atoms with van der Waals surface area (Å²) in [5.74, 6) is 0.0408. The number of benzene rings is 1. The molecule has 1 aromatic carbocycles. The van der Waals surface area contributed by atoms with Crippen molar-refractivity contribution in [3.63, 3.8) is 0 Å². The summed E-state index contributed by atoms with van der Waals surface area (Å²) in [6.45, 7) is 1.85. The molecule has 1 amide bonds. The molecule has 0 aliphatic carbocycles. The second-order valence-corrected chi connectivity index (χ2v) is 6.70. The molecular formula is C20H18F3N5O. The summed E-state index contributed by atoms with van der Waals surface area (Å²) < 4.78 is 40.1. The summed E-state index contributed by atoms with van der Waals surface area (Å²) in [6, 6.07) is 5.11. The minimum absolute atomic E-state index is 0.0229. The topological polar surface area (TPSA) is 68.8 Å². The number of carbonyl (C=O) groups excluding carboxylic acids is 1. The number of nitrogens with zero attached hydrogens (tertiary/aromatic N) is 2. The maximum atomic E-state index is 13.4. The van der Waals surface area contributed by atoms with E-state index in [1.807, 2.05) is 6.92 Å². The molecule has 3 N–H and O–H groups in total. The lowest BCUT2D eigenvalue weighted by atomic mass is 10.0. The minimum atomic E-state index is -4.50. The average Bonchev–Trinajstić information content (AvgIpc) is 3.09. The Labute approximate surface area is 165 Å². The number of carbonyl (C=O) groups is 1. The number of rotatable bonds is 3. The van der Waals surface area contributed by atoms with Crippen molar-refractivity contribution in [1.29, 1.82) is 0 Å². The molecule has 3 aliphatic heterocycles. The van der Waals surface area contributed by atoms with Crippen molar-refractivity contribution in [3.05, 3.63) is 83.5 Å². The van der Waals surface area contributed by atoms with E-state index in [2.05, 4.69) is 21.1 Å². The molecule has 2 unspecified atom stereocenters. The number of amides is 1. The Morgan fingerprint density at radius 3 is 2.79 bits per heavy atom. The van der Waals surface area contributed by atoms with Crippen LogP contribution in [-0.2, 0) is 11.0 Å². The average molecular weight is 401 g/mol.